The molecule has 1 atom stereocenters. The second-order valence-corrected chi connectivity index (χ2v) is 6.94. The number of hydrogen-bond acceptors (Lipinski definition) is 5. The van der Waals surface area contributed by atoms with Gasteiger partial charge in [-0.15, -0.1) is 0 Å². The molecule has 1 amide bonds. The maximum atomic E-state index is 13.2. The number of allylic oxidation sites excluding steroid dienone is 1. The molecule has 1 aliphatic rings. The number of benzene rings is 1. The average molecular weight is 373 g/mol. The van der Waals surface area contributed by atoms with E-state index in [4.69, 9.17) is 9.47 Å². The van der Waals surface area contributed by atoms with Crippen LogP contribution >= 0.6 is 0 Å². The largest absolute Gasteiger partial charge is 0.477 e. The van der Waals surface area contributed by atoms with Crippen LogP contribution in [0.3, 0.4) is 0 Å². The highest BCUT2D eigenvalue weighted by molar-refractivity contribution is 6.22. The average Bonchev–Trinajstić information content (AvgIpc) is 2.63. The Kier molecular flexibility index (Phi) is 6.41. The molecule has 1 aromatic rings. The molecule has 146 valence electrons. The van der Waals surface area contributed by atoms with Crippen LogP contribution < -0.4 is 0 Å². The van der Waals surface area contributed by atoms with Crippen LogP contribution in [0.5, 0.6) is 0 Å². The Morgan fingerprint density at radius 2 is 1.85 bits per heavy atom. The number of ketones is 1. The van der Waals surface area contributed by atoms with Crippen molar-refractivity contribution in [3.63, 3.8) is 0 Å². The standard InChI is InChI=1S/C21H27NO5/c1-6-16(20(25)26-7-2)18(23)21(4,5)22-13-27-14(3)17(19(22)24)15-11-9-8-10-12-15/h8-12,16H,6-7,13H2,1-5H3. The molecule has 0 aliphatic carbocycles. The number of rotatable bonds is 7. The molecular formula is C21H27NO5. The second-order valence-electron chi connectivity index (χ2n) is 6.94. The SMILES string of the molecule is CCOC(=O)C(CC)C(=O)C(C)(C)N1COC(C)=C(c2ccccc2)C1=O. The molecule has 0 saturated carbocycles. The van der Waals surface area contributed by atoms with Crippen molar-refractivity contribution in [3.05, 3.63) is 41.7 Å². The Labute approximate surface area is 160 Å². The molecular weight excluding hydrogens is 346 g/mol. The third-order valence-electron chi connectivity index (χ3n) is 4.86. The fourth-order valence-corrected chi connectivity index (χ4v) is 3.19. The molecule has 1 unspecified atom stereocenters. The number of Topliss-reactive ketones (excluding diaryl/α,β-unsaturated/α-hetero) is 1. The summed E-state index contributed by atoms with van der Waals surface area (Å²) >= 11 is 0. The van der Waals surface area contributed by atoms with E-state index in [1.54, 1.807) is 34.6 Å². The Morgan fingerprint density at radius 3 is 2.41 bits per heavy atom. The number of amides is 1. The van der Waals surface area contributed by atoms with E-state index in [0.717, 1.165) is 5.56 Å². The van der Waals surface area contributed by atoms with Crippen molar-refractivity contribution in [3.8, 4) is 0 Å². The van der Waals surface area contributed by atoms with Crippen molar-refractivity contribution in [2.24, 2.45) is 5.92 Å². The summed E-state index contributed by atoms with van der Waals surface area (Å²) in [6.07, 6.45) is 0.310. The summed E-state index contributed by atoms with van der Waals surface area (Å²) in [5, 5.41) is 0. The Bertz CT molecular complexity index is 751. The monoisotopic (exact) mass is 373 g/mol. The quantitative estimate of drug-likeness (QED) is 0.542. The first-order chi connectivity index (χ1) is 12.8. The zero-order valence-corrected chi connectivity index (χ0v) is 16.6. The van der Waals surface area contributed by atoms with E-state index in [-0.39, 0.29) is 25.0 Å². The minimum Gasteiger partial charge on any atom is -0.477 e. The Balaban J connectivity index is 2.35. The first-order valence-corrected chi connectivity index (χ1v) is 9.17. The van der Waals surface area contributed by atoms with Crippen LogP contribution in [0.15, 0.2) is 36.1 Å². The molecule has 6 nitrogen and oxygen atoms in total. The van der Waals surface area contributed by atoms with Crippen LogP contribution in [-0.2, 0) is 23.9 Å². The van der Waals surface area contributed by atoms with Crippen LogP contribution in [0, 0.1) is 5.92 Å². The highest BCUT2D eigenvalue weighted by Crippen LogP contribution is 2.32. The van der Waals surface area contributed by atoms with Gasteiger partial charge in [0.1, 0.15) is 17.2 Å². The predicted octanol–water partition coefficient (Wildman–Crippen LogP) is 3.17. The van der Waals surface area contributed by atoms with Crippen molar-refractivity contribution in [2.75, 3.05) is 13.3 Å². The van der Waals surface area contributed by atoms with Crippen LogP contribution in [0.1, 0.15) is 46.6 Å². The van der Waals surface area contributed by atoms with E-state index in [9.17, 15) is 14.4 Å². The van der Waals surface area contributed by atoms with Crippen molar-refractivity contribution in [1.29, 1.82) is 0 Å². The summed E-state index contributed by atoms with van der Waals surface area (Å²) in [6.45, 7) is 8.63. The van der Waals surface area contributed by atoms with Gasteiger partial charge in [-0.2, -0.15) is 0 Å². The molecule has 2 rings (SSSR count). The van der Waals surface area contributed by atoms with Crippen molar-refractivity contribution in [1.82, 2.24) is 4.90 Å². The summed E-state index contributed by atoms with van der Waals surface area (Å²) in [6, 6.07) is 9.19. The van der Waals surface area contributed by atoms with Gasteiger partial charge in [-0.25, -0.2) is 0 Å². The van der Waals surface area contributed by atoms with Gasteiger partial charge in [0.25, 0.3) is 5.91 Å². The fraction of sp³-hybridized carbons (Fsp3) is 0.476. The molecule has 0 saturated heterocycles. The number of nitrogens with zero attached hydrogens (tertiary/aromatic N) is 1. The van der Waals surface area contributed by atoms with Crippen molar-refractivity contribution in [2.45, 2.75) is 46.6 Å². The summed E-state index contributed by atoms with van der Waals surface area (Å²) in [4.78, 5) is 39.9. The predicted molar refractivity (Wildman–Crippen MR) is 101 cm³/mol. The number of hydrogen-bond donors (Lipinski definition) is 0. The summed E-state index contributed by atoms with van der Waals surface area (Å²) in [5.41, 5.74) is -0.0667. The lowest BCUT2D eigenvalue weighted by Gasteiger charge is -2.41. The molecule has 1 aromatic carbocycles. The number of ether oxygens (including phenoxy) is 2. The molecule has 0 radical (unpaired) electrons. The molecule has 1 heterocycles. The zero-order chi connectivity index (χ0) is 20.2. The van der Waals surface area contributed by atoms with Gasteiger partial charge in [-0.05, 0) is 39.7 Å². The van der Waals surface area contributed by atoms with E-state index < -0.39 is 17.4 Å². The maximum Gasteiger partial charge on any atom is 0.316 e. The third-order valence-corrected chi connectivity index (χ3v) is 4.86. The Hall–Kier alpha value is -2.63. The molecule has 0 fully saturated rings. The summed E-state index contributed by atoms with van der Waals surface area (Å²) in [5.74, 6) is -1.60. The molecule has 0 N–H and O–H groups in total. The van der Waals surface area contributed by atoms with Crippen LogP contribution in [0.2, 0.25) is 0 Å². The molecule has 1 aliphatic heterocycles. The minimum atomic E-state index is -1.22. The smallest absolute Gasteiger partial charge is 0.316 e. The lowest BCUT2D eigenvalue weighted by atomic mass is 9.85. The van der Waals surface area contributed by atoms with Gasteiger partial charge in [0.15, 0.2) is 12.5 Å². The van der Waals surface area contributed by atoms with Gasteiger partial charge in [-0.1, -0.05) is 37.3 Å². The number of esters is 1. The first kappa shape index (κ1) is 20.7. The third kappa shape index (κ3) is 4.04. The topological polar surface area (TPSA) is 72.9 Å². The molecule has 0 aromatic heterocycles. The highest BCUT2D eigenvalue weighted by atomic mass is 16.5. The van der Waals surface area contributed by atoms with Gasteiger partial charge in [0, 0.05) is 0 Å². The summed E-state index contributed by atoms with van der Waals surface area (Å²) in [7, 11) is 0. The molecule has 0 bridgehead atoms. The Morgan fingerprint density at radius 1 is 1.22 bits per heavy atom. The number of carbonyl (C=O) groups is 3. The minimum absolute atomic E-state index is 0.0427. The van der Waals surface area contributed by atoms with Crippen LogP contribution in [0.25, 0.3) is 5.57 Å². The van der Waals surface area contributed by atoms with Gasteiger partial charge >= 0.3 is 5.97 Å². The normalized spacial score (nSPS) is 16.0. The van der Waals surface area contributed by atoms with Gasteiger partial charge < -0.3 is 9.47 Å². The van der Waals surface area contributed by atoms with E-state index in [2.05, 4.69) is 0 Å². The van der Waals surface area contributed by atoms with Gasteiger partial charge in [0.05, 0.1) is 12.2 Å². The zero-order valence-electron chi connectivity index (χ0n) is 16.6. The van der Waals surface area contributed by atoms with Crippen LogP contribution in [0.4, 0.5) is 0 Å². The molecule has 27 heavy (non-hydrogen) atoms. The number of carbonyl (C=O) groups excluding carboxylic acids is 3. The first-order valence-electron chi connectivity index (χ1n) is 9.17. The lowest BCUT2D eigenvalue weighted by Crippen LogP contribution is -2.58. The van der Waals surface area contributed by atoms with E-state index in [0.29, 0.717) is 17.8 Å². The van der Waals surface area contributed by atoms with Crippen molar-refractivity contribution < 1.29 is 23.9 Å². The lowest BCUT2D eigenvalue weighted by molar-refractivity contribution is -0.160. The van der Waals surface area contributed by atoms with E-state index >= 15 is 0 Å². The fourth-order valence-electron chi connectivity index (χ4n) is 3.19. The van der Waals surface area contributed by atoms with E-state index in [1.807, 2.05) is 30.3 Å². The molecule has 0 spiro atoms. The highest BCUT2D eigenvalue weighted by Gasteiger charge is 2.46. The van der Waals surface area contributed by atoms with Crippen LogP contribution in [-0.4, -0.2) is 41.4 Å². The van der Waals surface area contributed by atoms with Crippen molar-refractivity contribution >= 4 is 23.2 Å². The van der Waals surface area contributed by atoms with E-state index in [1.165, 1.54) is 4.90 Å². The summed E-state index contributed by atoms with van der Waals surface area (Å²) < 4.78 is 10.7. The maximum absolute atomic E-state index is 13.2. The van der Waals surface area contributed by atoms with Gasteiger partial charge in [0.2, 0.25) is 0 Å². The molecule has 6 heteroatoms. The second kappa shape index (κ2) is 8.37. The van der Waals surface area contributed by atoms with Gasteiger partial charge in [-0.3, -0.25) is 19.3 Å².